The third kappa shape index (κ3) is 3.89. The lowest BCUT2D eigenvalue weighted by Gasteiger charge is -2.12. The van der Waals surface area contributed by atoms with Crippen LogP contribution in [0.3, 0.4) is 0 Å². The fourth-order valence-electron chi connectivity index (χ4n) is 1.66. The molecule has 0 unspecified atom stereocenters. The zero-order chi connectivity index (χ0) is 16.5. The Morgan fingerprint density at radius 1 is 1.14 bits per heavy atom. The van der Waals surface area contributed by atoms with Crippen molar-refractivity contribution >= 4 is 45.8 Å². The van der Waals surface area contributed by atoms with Crippen molar-refractivity contribution in [3.63, 3.8) is 0 Å². The molecule has 0 bridgehead atoms. The SMILES string of the molecule is O=C(Nc1cc(C(F)(F)F)ccc1I)c1cc(Cl)ccc1F. The largest absolute Gasteiger partial charge is 0.416 e. The molecule has 0 aliphatic heterocycles. The van der Waals surface area contributed by atoms with E-state index in [0.29, 0.717) is 3.57 Å². The first-order valence-electron chi connectivity index (χ1n) is 5.81. The van der Waals surface area contributed by atoms with Crippen molar-refractivity contribution in [3.05, 3.63) is 61.9 Å². The fourth-order valence-corrected chi connectivity index (χ4v) is 2.30. The third-order valence-corrected chi connectivity index (χ3v) is 3.89. The Hall–Kier alpha value is -1.35. The smallest absolute Gasteiger partial charge is 0.321 e. The first-order chi connectivity index (χ1) is 10.2. The topological polar surface area (TPSA) is 29.1 Å². The average Bonchev–Trinajstić information content (AvgIpc) is 2.42. The van der Waals surface area contributed by atoms with Gasteiger partial charge in [-0.05, 0) is 59.0 Å². The number of alkyl halides is 3. The predicted molar refractivity (Wildman–Crippen MR) is 83.5 cm³/mol. The highest BCUT2D eigenvalue weighted by atomic mass is 127. The molecule has 0 heterocycles. The maximum Gasteiger partial charge on any atom is 0.416 e. The first kappa shape index (κ1) is 17.0. The highest BCUT2D eigenvalue weighted by Gasteiger charge is 2.31. The van der Waals surface area contributed by atoms with Gasteiger partial charge in [-0.3, -0.25) is 4.79 Å². The third-order valence-electron chi connectivity index (χ3n) is 2.71. The monoisotopic (exact) mass is 443 g/mol. The summed E-state index contributed by atoms with van der Waals surface area (Å²) < 4.78 is 52.0. The number of amides is 1. The number of nitrogens with one attached hydrogen (secondary N) is 1. The van der Waals surface area contributed by atoms with Crippen molar-refractivity contribution in [2.45, 2.75) is 6.18 Å². The van der Waals surface area contributed by atoms with Gasteiger partial charge in [0.2, 0.25) is 0 Å². The molecule has 0 saturated carbocycles. The lowest BCUT2D eigenvalue weighted by atomic mass is 10.1. The van der Waals surface area contributed by atoms with Gasteiger partial charge in [-0.1, -0.05) is 11.6 Å². The molecule has 0 saturated heterocycles. The lowest BCUT2D eigenvalue weighted by molar-refractivity contribution is -0.137. The van der Waals surface area contributed by atoms with E-state index in [1.165, 1.54) is 12.1 Å². The van der Waals surface area contributed by atoms with E-state index in [-0.39, 0.29) is 16.3 Å². The van der Waals surface area contributed by atoms with Crippen LogP contribution in [0.25, 0.3) is 0 Å². The summed E-state index contributed by atoms with van der Waals surface area (Å²) in [7, 11) is 0. The molecule has 0 radical (unpaired) electrons. The standard InChI is InChI=1S/C14H7ClF4INO/c15-8-2-3-10(16)9(6-8)13(22)21-12-5-7(14(17,18)19)1-4-11(12)20/h1-6H,(H,21,22). The number of carbonyl (C=O) groups is 1. The fraction of sp³-hybridized carbons (Fsp3) is 0.0714. The summed E-state index contributed by atoms with van der Waals surface area (Å²) in [5.41, 5.74) is -1.31. The van der Waals surface area contributed by atoms with Crippen molar-refractivity contribution < 1.29 is 22.4 Å². The van der Waals surface area contributed by atoms with Gasteiger partial charge in [-0.25, -0.2) is 4.39 Å². The van der Waals surface area contributed by atoms with E-state index >= 15 is 0 Å². The quantitative estimate of drug-likeness (QED) is 0.492. The maximum atomic E-state index is 13.6. The Kier molecular flexibility index (Phi) is 4.96. The van der Waals surface area contributed by atoms with Crippen LogP contribution in [0.1, 0.15) is 15.9 Å². The summed E-state index contributed by atoms with van der Waals surface area (Å²) in [6.07, 6.45) is -4.54. The van der Waals surface area contributed by atoms with Gasteiger partial charge in [0.05, 0.1) is 16.8 Å². The van der Waals surface area contributed by atoms with Crippen molar-refractivity contribution in [1.82, 2.24) is 0 Å². The normalized spacial score (nSPS) is 11.4. The Labute approximate surface area is 141 Å². The molecule has 1 N–H and O–H groups in total. The molecular formula is C14H7ClF4INO. The summed E-state index contributed by atoms with van der Waals surface area (Å²) >= 11 is 7.45. The van der Waals surface area contributed by atoms with Gasteiger partial charge in [0, 0.05) is 8.59 Å². The number of halogens is 6. The molecule has 0 spiro atoms. The molecule has 2 aromatic carbocycles. The Morgan fingerprint density at radius 2 is 1.82 bits per heavy atom. The number of benzene rings is 2. The second kappa shape index (κ2) is 6.41. The number of anilines is 1. The van der Waals surface area contributed by atoms with E-state index in [1.54, 1.807) is 22.6 Å². The van der Waals surface area contributed by atoms with Crippen LogP contribution < -0.4 is 5.32 Å². The summed E-state index contributed by atoms with van der Waals surface area (Å²) in [6.45, 7) is 0. The molecule has 2 nitrogen and oxygen atoms in total. The van der Waals surface area contributed by atoms with Crippen LogP contribution in [0.15, 0.2) is 36.4 Å². The van der Waals surface area contributed by atoms with E-state index < -0.39 is 23.5 Å². The summed E-state index contributed by atoms with van der Waals surface area (Å²) in [5.74, 6) is -1.69. The number of hydrogen-bond donors (Lipinski definition) is 1. The van der Waals surface area contributed by atoms with E-state index in [2.05, 4.69) is 5.32 Å². The molecule has 2 aromatic rings. The van der Waals surface area contributed by atoms with E-state index in [9.17, 15) is 22.4 Å². The zero-order valence-electron chi connectivity index (χ0n) is 10.6. The molecule has 0 aromatic heterocycles. The molecule has 2 rings (SSSR count). The van der Waals surface area contributed by atoms with Crippen LogP contribution >= 0.6 is 34.2 Å². The molecule has 22 heavy (non-hydrogen) atoms. The van der Waals surface area contributed by atoms with Gasteiger partial charge >= 0.3 is 6.18 Å². The van der Waals surface area contributed by atoms with Crippen molar-refractivity contribution in [3.8, 4) is 0 Å². The van der Waals surface area contributed by atoms with E-state index in [4.69, 9.17) is 11.6 Å². The minimum Gasteiger partial charge on any atom is -0.321 e. The van der Waals surface area contributed by atoms with Gasteiger partial charge in [0.15, 0.2) is 0 Å². The average molecular weight is 444 g/mol. The second-order valence-electron chi connectivity index (χ2n) is 4.27. The lowest BCUT2D eigenvalue weighted by Crippen LogP contribution is -2.15. The number of hydrogen-bond acceptors (Lipinski definition) is 1. The molecule has 0 aliphatic carbocycles. The van der Waals surface area contributed by atoms with Gasteiger partial charge in [0.25, 0.3) is 5.91 Å². The van der Waals surface area contributed by atoms with E-state index in [0.717, 1.165) is 24.3 Å². The Morgan fingerprint density at radius 3 is 2.45 bits per heavy atom. The van der Waals surface area contributed by atoms with Crippen LogP contribution in [-0.4, -0.2) is 5.91 Å². The van der Waals surface area contributed by atoms with Crippen LogP contribution in [0.2, 0.25) is 5.02 Å². The molecule has 116 valence electrons. The molecule has 0 fully saturated rings. The predicted octanol–water partition coefficient (Wildman–Crippen LogP) is 5.35. The molecule has 8 heteroatoms. The van der Waals surface area contributed by atoms with Crippen LogP contribution in [-0.2, 0) is 6.18 Å². The molecule has 0 aliphatic rings. The van der Waals surface area contributed by atoms with Crippen molar-refractivity contribution in [1.29, 1.82) is 0 Å². The summed E-state index contributed by atoms with van der Waals surface area (Å²) in [4.78, 5) is 12.0. The Balaban J connectivity index is 2.34. The molecule has 0 atom stereocenters. The minimum absolute atomic E-state index is 0.0557. The summed E-state index contributed by atoms with van der Waals surface area (Å²) in [5, 5.41) is 2.41. The molecule has 1 amide bonds. The van der Waals surface area contributed by atoms with Gasteiger partial charge < -0.3 is 5.32 Å². The number of carbonyl (C=O) groups excluding carboxylic acids is 1. The van der Waals surface area contributed by atoms with E-state index in [1.807, 2.05) is 0 Å². The van der Waals surface area contributed by atoms with Gasteiger partial charge in [0.1, 0.15) is 5.82 Å². The van der Waals surface area contributed by atoms with Crippen LogP contribution in [0, 0.1) is 9.39 Å². The minimum atomic E-state index is -4.54. The van der Waals surface area contributed by atoms with Gasteiger partial charge in [-0.15, -0.1) is 0 Å². The van der Waals surface area contributed by atoms with Crippen LogP contribution in [0.4, 0.5) is 23.2 Å². The summed E-state index contributed by atoms with van der Waals surface area (Å²) in [6, 6.07) is 6.29. The van der Waals surface area contributed by atoms with Gasteiger partial charge in [-0.2, -0.15) is 13.2 Å². The maximum absolute atomic E-state index is 13.6. The Bertz CT molecular complexity index is 733. The highest BCUT2D eigenvalue weighted by Crippen LogP contribution is 2.33. The van der Waals surface area contributed by atoms with Crippen LogP contribution in [0.5, 0.6) is 0 Å². The zero-order valence-corrected chi connectivity index (χ0v) is 13.6. The number of rotatable bonds is 2. The van der Waals surface area contributed by atoms with Crippen molar-refractivity contribution in [2.75, 3.05) is 5.32 Å². The first-order valence-corrected chi connectivity index (χ1v) is 7.27. The second-order valence-corrected chi connectivity index (χ2v) is 5.87. The molecular weight excluding hydrogens is 437 g/mol. The highest BCUT2D eigenvalue weighted by molar-refractivity contribution is 14.1. The van der Waals surface area contributed by atoms with Crippen molar-refractivity contribution in [2.24, 2.45) is 0 Å².